The van der Waals surface area contributed by atoms with Crippen molar-refractivity contribution in [2.45, 2.75) is 6.92 Å². The summed E-state index contributed by atoms with van der Waals surface area (Å²) >= 11 is 5.22. The highest BCUT2D eigenvalue weighted by Gasteiger charge is 2.10. The van der Waals surface area contributed by atoms with Crippen molar-refractivity contribution in [2.24, 2.45) is 0 Å². The molecule has 0 unspecified atom stereocenters. The third-order valence-corrected chi connectivity index (χ3v) is 1.87. The number of aromatic nitrogens is 1. The van der Waals surface area contributed by atoms with Gasteiger partial charge in [-0.05, 0) is 36.2 Å². The fraction of sp³-hybridized carbons (Fsp3) is 0.111. The number of fused-ring (bicyclic) bond motifs is 1. The molecule has 0 N–H and O–H groups in total. The molecule has 0 radical (unpaired) electrons. The minimum Gasteiger partial charge on any atom is -0.433 e. The van der Waals surface area contributed by atoms with Crippen LogP contribution >= 0.6 is 11.6 Å². The molecule has 1 aromatic heterocycles. The Morgan fingerprint density at radius 1 is 1.54 bits per heavy atom. The number of hydrogen-bond acceptors (Lipinski definition) is 3. The van der Waals surface area contributed by atoms with Gasteiger partial charge in [0, 0.05) is 0 Å². The second-order valence-corrected chi connectivity index (χ2v) is 3.11. The van der Waals surface area contributed by atoms with Gasteiger partial charge in [0.15, 0.2) is 5.58 Å². The smallest absolute Gasteiger partial charge is 0.307 e. The summed E-state index contributed by atoms with van der Waals surface area (Å²) in [6, 6.07) is 5.49. The number of nitrogens with zero attached hydrogens (tertiary/aromatic N) is 1. The lowest BCUT2D eigenvalue weighted by molar-refractivity contribution is 0.105. The van der Waals surface area contributed by atoms with Crippen molar-refractivity contribution in [1.82, 2.24) is 4.98 Å². The molecule has 3 nitrogen and oxygen atoms in total. The molecule has 0 fully saturated rings. The van der Waals surface area contributed by atoms with Crippen molar-refractivity contribution in [3.05, 3.63) is 29.7 Å². The van der Waals surface area contributed by atoms with Gasteiger partial charge in [-0.15, -0.1) is 0 Å². The molecule has 0 aliphatic heterocycles. The van der Waals surface area contributed by atoms with Crippen molar-refractivity contribution in [2.75, 3.05) is 0 Å². The Morgan fingerprint density at radius 3 is 3.00 bits per heavy atom. The fourth-order valence-electron chi connectivity index (χ4n) is 1.12. The Balaban J connectivity index is 2.68. The molecule has 1 aromatic carbocycles. The quantitative estimate of drug-likeness (QED) is 0.657. The minimum atomic E-state index is -0.672. The average molecular weight is 196 g/mol. The van der Waals surface area contributed by atoms with Crippen molar-refractivity contribution in [3.63, 3.8) is 0 Å². The Bertz CT molecular complexity index is 475. The maximum Gasteiger partial charge on any atom is 0.307 e. The summed E-state index contributed by atoms with van der Waals surface area (Å²) < 4.78 is 5.09. The molecule has 0 saturated heterocycles. The first kappa shape index (κ1) is 8.26. The first-order valence-electron chi connectivity index (χ1n) is 3.74. The van der Waals surface area contributed by atoms with E-state index in [1.165, 1.54) is 0 Å². The van der Waals surface area contributed by atoms with E-state index in [1.54, 1.807) is 6.07 Å². The topological polar surface area (TPSA) is 43.1 Å². The van der Waals surface area contributed by atoms with Gasteiger partial charge in [0.05, 0.1) is 0 Å². The van der Waals surface area contributed by atoms with Crippen LogP contribution in [0.15, 0.2) is 22.6 Å². The lowest BCUT2D eigenvalue weighted by Gasteiger charge is -1.87. The molecular formula is C9H6ClNO2. The maximum absolute atomic E-state index is 10.7. The molecule has 2 rings (SSSR count). The first-order valence-corrected chi connectivity index (χ1v) is 4.11. The molecule has 13 heavy (non-hydrogen) atoms. The van der Waals surface area contributed by atoms with Crippen molar-refractivity contribution >= 4 is 27.9 Å². The van der Waals surface area contributed by atoms with Gasteiger partial charge >= 0.3 is 5.24 Å². The molecule has 0 aliphatic carbocycles. The van der Waals surface area contributed by atoms with E-state index in [2.05, 4.69) is 4.98 Å². The zero-order chi connectivity index (χ0) is 9.42. The lowest BCUT2D eigenvalue weighted by atomic mass is 10.2. The largest absolute Gasteiger partial charge is 0.433 e. The summed E-state index contributed by atoms with van der Waals surface area (Å²) in [7, 11) is 0. The monoisotopic (exact) mass is 195 g/mol. The zero-order valence-corrected chi connectivity index (χ0v) is 7.63. The van der Waals surface area contributed by atoms with E-state index >= 15 is 0 Å². The number of carbonyl (C=O) groups excluding carboxylic acids is 1. The van der Waals surface area contributed by atoms with Gasteiger partial charge in [-0.3, -0.25) is 4.79 Å². The zero-order valence-electron chi connectivity index (χ0n) is 6.87. The standard InChI is InChI=1S/C9H6ClNO2/c1-5-2-3-7-6(4-5)11-9(13-7)8(10)12/h2-4H,1H3. The van der Waals surface area contributed by atoms with Crippen molar-refractivity contribution in [3.8, 4) is 0 Å². The Labute approximate surface area is 79.3 Å². The predicted octanol–water partition coefficient (Wildman–Crippen LogP) is 2.52. The van der Waals surface area contributed by atoms with Crippen LogP contribution in [0.4, 0.5) is 0 Å². The van der Waals surface area contributed by atoms with E-state index in [1.807, 2.05) is 19.1 Å². The third kappa shape index (κ3) is 1.42. The molecule has 0 amide bonds. The van der Waals surface area contributed by atoms with E-state index < -0.39 is 5.24 Å². The second-order valence-electron chi connectivity index (χ2n) is 2.76. The second kappa shape index (κ2) is 2.85. The third-order valence-electron chi connectivity index (χ3n) is 1.71. The number of hydrogen-bond donors (Lipinski definition) is 0. The minimum absolute atomic E-state index is 0.0535. The molecule has 2 aromatic rings. The summed E-state index contributed by atoms with van der Waals surface area (Å²) in [5.74, 6) is -0.0535. The van der Waals surface area contributed by atoms with Crippen LogP contribution in [-0.4, -0.2) is 10.2 Å². The van der Waals surface area contributed by atoms with Crippen LogP contribution in [0.1, 0.15) is 16.2 Å². The molecule has 66 valence electrons. The Morgan fingerprint density at radius 2 is 2.31 bits per heavy atom. The number of carbonyl (C=O) groups is 1. The Kier molecular flexibility index (Phi) is 1.81. The summed E-state index contributed by atoms with van der Waals surface area (Å²) in [6.45, 7) is 1.94. The molecule has 0 bridgehead atoms. The number of oxazole rings is 1. The van der Waals surface area contributed by atoms with Crippen LogP contribution in [0.3, 0.4) is 0 Å². The van der Waals surface area contributed by atoms with E-state index in [4.69, 9.17) is 16.0 Å². The number of aryl methyl sites for hydroxylation is 1. The van der Waals surface area contributed by atoms with Crippen LogP contribution in [-0.2, 0) is 0 Å². The summed E-state index contributed by atoms with van der Waals surface area (Å²) in [5, 5.41) is -0.672. The molecule has 4 heteroatoms. The molecule has 0 atom stereocenters. The Hall–Kier alpha value is -1.35. The number of benzene rings is 1. The molecule has 1 heterocycles. The fourth-order valence-corrected chi connectivity index (χ4v) is 1.20. The first-order chi connectivity index (χ1) is 6.16. The number of halogens is 1. The van der Waals surface area contributed by atoms with Gasteiger partial charge in [0.1, 0.15) is 5.52 Å². The van der Waals surface area contributed by atoms with E-state index in [0.717, 1.165) is 5.56 Å². The average Bonchev–Trinajstić information content (AvgIpc) is 2.46. The van der Waals surface area contributed by atoms with Crippen molar-refractivity contribution in [1.29, 1.82) is 0 Å². The summed E-state index contributed by atoms with van der Waals surface area (Å²) in [6.07, 6.45) is 0. The maximum atomic E-state index is 10.7. The van der Waals surface area contributed by atoms with Gasteiger partial charge in [-0.1, -0.05) is 6.07 Å². The molecule has 0 saturated carbocycles. The normalized spacial score (nSPS) is 10.6. The van der Waals surface area contributed by atoms with Crippen LogP contribution in [0.5, 0.6) is 0 Å². The summed E-state index contributed by atoms with van der Waals surface area (Å²) in [5.41, 5.74) is 2.30. The van der Waals surface area contributed by atoms with E-state index in [-0.39, 0.29) is 5.89 Å². The molecule has 0 spiro atoms. The van der Waals surface area contributed by atoms with Crippen molar-refractivity contribution < 1.29 is 9.21 Å². The molecular weight excluding hydrogens is 190 g/mol. The summed E-state index contributed by atoms with van der Waals surface area (Å²) in [4.78, 5) is 14.6. The van der Waals surface area contributed by atoms with Crippen LogP contribution in [0, 0.1) is 6.92 Å². The lowest BCUT2D eigenvalue weighted by Crippen LogP contribution is -1.86. The highest BCUT2D eigenvalue weighted by atomic mass is 35.5. The molecule has 0 aliphatic rings. The van der Waals surface area contributed by atoms with E-state index in [0.29, 0.717) is 11.1 Å². The van der Waals surface area contributed by atoms with Crippen LogP contribution in [0.25, 0.3) is 11.1 Å². The van der Waals surface area contributed by atoms with E-state index in [9.17, 15) is 4.79 Å². The van der Waals surface area contributed by atoms with Crippen LogP contribution < -0.4 is 0 Å². The highest BCUT2D eigenvalue weighted by Crippen LogP contribution is 2.17. The van der Waals surface area contributed by atoms with Gasteiger partial charge in [-0.25, -0.2) is 4.98 Å². The SMILES string of the molecule is Cc1ccc2oc(C(=O)Cl)nc2c1. The van der Waals surface area contributed by atoms with Gasteiger partial charge in [-0.2, -0.15) is 0 Å². The highest BCUT2D eigenvalue weighted by molar-refractivity contribution is 6.67. The van der Waals surface area contributed by atoms with Gasteiger partial charge < -0.3 is 4.42 Å². The van der Waals surface area contributed by atoms with Gasteiger partial charge in [0.2, 0.25) is 0 Å². The van der Waals surface area contributed by atoms with Crippen LogP contribution in [0.2, 0.25) is 0 Å². The predicted molar refractivity (Wildman–Crippen MR) is 48.9 cm³/mol. The number of rotatable bonds is 1. The van der Waals surface area contributed by atoms with Gasteiger partial charge in [0.25, 0.3) is 5.89 Å².